The summed E-state index contributed by atoms with van der Waals surface area (Å²) in [7, 11) is 0. The molecule has 0 spiro atoms. The van der Waals surface area contributed by atoms with Crippen LogP contribution >= 0.6 is 0 Å². The Balaban J connectivity index is 0.000000178. The molecule has 4 N–H and O–H groups in total. The second kappa shape index (κ2) is 12.8. The van der Waals surface area contributed by atoms with Crippen LogP contribution in [0.15, 0.2) is 97.1 Å². The van der Waals surface area contributed by atoms with E-state index >= 15 is 0 Å². The van der Waals surface area contributed by atoms with E-state index in [1.165, 1.54) is 41.5 Å². The van der Waals surface area contributed by atoms with Gasteiger partial charge in [-0.3, -0.25) is 0 Å². The van der Waals surface area contributed by atoms with Crippen molar-refractivity contribution in [2.75, 3.05) is 0 Å². The van der Waals surface area contributed by atoms with Crippen molar-refractivity contribution in [3.8, 4) is 23.0 Å². The Morgan fingerprint density at radius 2 is 0.978 bits per heavy atom. The Hall–Kier alpha value is -3.92. The smallest absolute Gasteiger partial charge is 0.115 e. The van der Waals surface area contributed by atoms with Crippen molar-refractivity contribution in [2.45, 2.75) is 89.9 Å². The molecule has 4 aromatic rings. The Kier molecular flexibility index (Phi) is 9.26. The third kappa shape index (κ3) is 7.01. The molecular weight excluding hydrogens is 556 g/mol. The van der Waals surface area contributed by atoms with Gasteiger partial charge in [-0.15, -0.1) is 0 Å². The first-order valence-corrected chi connectivity index (χ1v) is 16.5. The molecule has 45 heavy (non-hydrogen) atoms. The van der Waals surface area contributed by atoms with Crippen molar-refractivity contribution in [1.82, 2.24) is 0 Å². The van der Waals surface area contributed by atoms with Gasteiger partial charge in [0, 0.05) is 5.41 Å². The predicted molar refractivity (Wildman–Crippen MR) is 183 cm³/mol. The van der Waals surface area contributed by atoms with Gasteiger partial charge in [-0.25, -0.2) is 0 Å². The van der Waals surface area contributed by atoms with Gasteiger partial charge in [0.15, 0.2) is 0 Å². The average molecular weight is 607 g/mol. The molecule has 4 heteroatoms. The van der Waals surface area contributed by atoms with Crippen LogP contribution in [0.1, 0.15) is 101 Å². The van der Waals surface area contributed by atoms with Crippen LogP contribution < -0.4 is 0 Å². The fourth-order valence-corrected chi connectivity index (χ4v) is 8.93. The van der Waals surface area contributed by atoms with E-state index in [0.717, 1.165) is 19.3 Å². The normalized spacial score (nSPS) is 25.5. The van der Waals surface area contributed by atoms with Crippen molar-refractivity contribution in [1.29, 1.82) is 0 Å². The van der Waals surface area contributed by atoms with Gasteiger partial charge >= 0.3 is 0 Å². The molecule has 2 saturated carbocycles. The molecule has 6 rings (SSSR count). The SMILES string of the molecule is CC1(C)CCCC(c2ccc(O)cc2)(c2ccc(O)cc2)C1.CC1CC(C)C(c2ccc(O)cc2)C(C)(c2ccc(O)cc2)C1. The quantitative estimate of drug-likeness (QED) is 0.186. The maximum Gasteiger partial charge on any atom is 0.115 e. The van der Waals surface area contributed by atoms with Crippen LogP contribution in [0.5, 0.6) is 23.0 Å². The average Bonchev–Trinajstić information content (AvgIpc) is 2.98. The zero-order chi connectivity index (χ0) is 32.4. The summed E-state index contributed by atoms with van der Waals surface area (Å²) >= 11 is 0. The maximum absolute atomic E-state index is 9.63. The maximum atomic E-state index is 9.63. The Bertz CT molecular complexity index is 1490. The molecule has 4 unspecified atom stereocenters. The first kappa shape index (κ1) is 32.5. The highest BCUT2D eigenvalue weighted by Crippen LogP contribution is 2.54. The molecule has 4 atom stereocenters. The van der Waals surface area contributed by atoms with Crippen LogP contribution in [0.3, 0.4) is 0 Å². The number of hydrogen-bond acceptors (Lipinski definition) is 4. The molecule has 0 saturated heterocycles. The number of hydrogen-bond donors (Lipinski definition) is 4. The Morgan fingerprint density at radius 3 is 1.42 bits per heavy atom. The van der Waals surface area contributed by atoms with Crippen molar-refractivity contribution in [3.05, 3.63) is 119 Å². The molecule has 2 fully saturated rings. The molecule has 0 amide bonds. The summed E-state index contributed by atoms with van der Waals surface area (Å²) < 4.78 is 0. The zero-order valence-electron chi connectivity index (χ0n) is 27.5. The van der Waals surface area contributed by atoms with Gasteiger partial charge in [0.1, 0.15) is 23.0 Å². The molecule has 0 heterocycles. The molecule has 0 radical (unpaired) electrons. The molecule has 4 aromatic carbocycles. The van der Waals surface area contributed by atoms with Gasteiger partial charge in [-0.05, 0) is 131 Å². The van der Waals surface area contributed by atoms with E-state index in [1.807, 2.05) is 24.3 Å². The summed E-state index contributed by atoms with van der Waals surface area (Å²) in [5.74, 6) is 2.90. The summed E-state index contributed by atoms with van der Waals surface area (Å²) in [5, 5.41) is 38.5. The van der Waals surface area contributed by atoms with Crippen molar-refractivity contribution in [2.24, 2.45) is 17.3 Å². The van der Waals surface area contributed by atoms with E-state index in [9.17, 15) is 20.4 Å². The second-order valence-corrected chi connectivity index (χ2v) is 14.9. The van der Waals surface area contributed by atoms with E-state index < -0.39 is 0 Å². The fraction of sp³-hybridized carbons (Fsp3) is 0.415. The van der Waals surface area contributed by atoms with E-state index in [4.69, 9.17) is 0 Å². The van der Waals surface area contributed by atoms with Crippen LogP contribution in [0.4, 0.5) is 0 Å². The van der Waals surface area contributed by atoms with Crippen molar-refractivity contribution < 1.29 is 20.4 Å². The first-order valence-electron chi connectivity index (χ1n) is 16.5. The van der Waals surface area contributed by atoms with Crippen molar-refractivity contribution in [3.63, 3.8) is 0 Å². The molecule has 2 aliphatic rings. The van der Waals surface area contributed by atoms with E-state index in [0.29, 0.717) is 40.8 Å². The Morgan fingerprint density at radius 1 is 0.556 bits per heavy atom. The van der Waals surface area contributed by atoms with E-state index in [2.05, 4.69) is 58.9 Å². The van der Waals surface area contributed by atoms with Gasteiger partial charge in [0.25, 0.3) is 0 Å². The van der Waals surface area contributed by atoms with Crippen LogP contribution in [0.2, 0.25) is 0 Å². The largest absolute Gasteiger partial charge is 0.508 e. The lowest BCUT2D eigenvalue weighted by Gasteiger charge is -2.48. The number of benzene rings is 4. The molecule has 4 nitrogen and oxygen atoms in total. The fourth-order valence-electron chi connectivity index (χ4n) is 8.93. The summed E-state index contributed by atoms with van der Waals surface area (Å²) in [6, 6.07) is 30.7. The van der Waals surface area contributed by atoms with Gasteiger partial charge in [-0.2, -0.15) is 0 Å². The zero-order valence-corrected chi connectivity index (χ0v) is 27.5. The molecule has 0 aromatic heterocycles. The summed E-state index contributed by atoms with van der Waals surface area (Å²) in [4.78, 5) is 0. The van der Waals surface area contributed by atoms with Crippen molar-refractivity contribution >= 4 is 0 Å². The molecule has 238 valence electrons. The van der Waals surface area contributed by atoms with Crippen LogP contribution in [-0.4, -0.2) is 20.4 Å². The lowest BCUT2D eigenvalue weighted by atomic mass is 9.55. The van der Waals surface area contributed by atoms with Crippen LogP contribution in [-0.2, 0) is 10.8 Å². The Labute approximate surface area is 269 Å². The lowest BCUT2D eigenvalue weighted by Crippen LogP contribution is -2.40. The number of rotatable bonds is 4. The first-order chi connectivity index (χ1) is 21.3. The van der Waals surface area contributed by atoms with Gasteiger partial charge < -0.3 is 20.4 Å². The standard InChI is InChI=1S/C21H26O2.C20H24O2/c1-14-12-15(2)20(16-4-8-18(22)9-5-16)21(3,13-14)17-6-10-19(23)11-7-17;1-19(2)12-3-13-20(14-19,15-4-8-17(21)9-5-15)16-6-10-18(22)11-7-16/h4-11,14-15,20,22-23H,12-13H2,1-3H3;4-11,21-22H,3,12-14H2,1-2H3. The highest BCUT2D eigenvalue weighted by Gasteiger charge is 2.45. The number of aromatic hydroxyl groups is 4. The van der Waals surface area contributed by atoms with Crippen LogP contribution in [0.25, 0.3) is 0 Å². The molecular formula is C41H50O4. The molecule has 0 aliphatic heterocycles. The van der Waals surface area contributed by atoms with E-state index in [1.54, 1.807) is 48.5 Å². The minimum absolute atomic E-state index is 0.0295. The second-order valence-electron chi connectivity index (χ2n) is 14.9. The third-order valence-electron chi connectivity index (χ3n) is 10.7. The van der Waals surface area contributed by atoms with Crippen LogP contribution in [0, 0.1) is 17.3 Å². The predicted octanol–water partition coefficient (Wildman–Crippen LogP) is 10.2. The van der Waals surface area contributed by atoms with Gasteiger partial charge in [0.05, 0.1) is 0 Å². The highest BCUT2D eigenvalue weighted by molar-refractivity contribution is 5.44. The third-order valence-corrected chi connectivity index (χ3v) is 10.7. The van der Waals surface area contributed by atoms with E-state index in [-0.39, 0.29) is 16.2 Å². The highest BCUT2D eigenvalue weighted by atomic mass is 16.3. The van der Waals surface area contributed by atoms with Gasteiger partial charge in [-0.1, -0.05) is 89.6 Å². The number of phenolic OH excluding ortho intramolecular Hbond substituents is 4. The molecule has 2 aliphatic carbocycles. The minimum Gasteiger partial charge on any atom is -0.508 e. The summed E-state index contributed by atoms with van der Waals surface area (Å²) in [6.45, 7) is 11.7. The topological polar surface area (TPSA) is 80.9 Å². The van der Waals surface area contributed by atoms with Gasteiger partial charge in [0.2, 0.25) is 0 Å². The lowest BCUT2D eigenvalue weighted by molar-refractivity contribution is 0.155. The number of phenols is 4. The summed E-state index contributed by atoms with van der Waals surface area (Å²) in [6.07, 6.45) is 6.97. The monoisotopic (exact) mass is 606 g/mol. The minimum atomic E-state index is -0.0385. The summed E-state index contributed by atoms with van der Waals surface area (Å²) in [5.41, 5.74) is 5.36. The molecule has 0 bridgehead atoms.